The van der Waals surface area contributed by atoms with Crippen molar-refractivity contribution >= 4 is 16.9 Å². The number of nitrogens with zero attached hydrogens (tertiary/aromatic N) is 1. The van der Waals surface area contributed by atoms with Crippen LogP contribution < -0.4 is 0 Å². The summed E-state index contributed by atoms with van der Waals surface area (Å²) in [6.45, 7) is 3.11. The molecule has 3 heteroatoms. The van der Waals surface area contributed by atoms with Crippen LogP contribution in [0.4, 0.5) is 0 Å². The number of carbonyl (C=O) groups excluding carboxylic acids is 1. The standard InChI is InChI=1S/C31H27NO2/c1-23-29(27-19-11-12-20-28(27)32(23)21-24-13-5-2-6-14-24)30(26-17-9-4-10-18-26)31(33)34-22-25-15-7-3-8-16-25/h2-20,30H,21-22H2,1H3/t30-/m1/s1. The molecule has 0 unspecified atom stereocenters. The van der Waals surface area contributed by atoms with Crippen LogP contribution in [0.15, 0.2) is 115 Å². The zero-order valence-corrected chi connectivity index (χ0v) is 19.2. The van der Waals surface area contributed by atoms with Crippen LogP contribution in [0.2, 0.25) is 0 Å². The summed E-state index contributed by atoms with van der Waals surface area (Å²) < 4.78 is 8.19. The lowest BCUT2D eigenvalue weighted by molar-refractivity contribution is -0.145. The second-order valence-corrected chi connectivity index (χ2v) is 8.52. The maximum absolute atomic E-state index is 13.6. The van der Waals surface area contributed by atoms with Crippen LogP contribution in [0.5, 0.6) is 0 Å². The molecule has 3 nitrogen and oxygen atoms in total. The highest BCUT2D eigenvalue weighted by atomic mass is 16.5. The van der Waals surface area contributed by atoms with E-state index < -0.39 is 5.92 Å². The number of esters is 1. The summed E-state index contributed by atoms with van der Waals surface area (Å²) >= 11 is 0. The van der Waals surface area contributed by atoms with E-state index in [9.17, 15) is 4.79 Å². The maximum Gasteiger partial charge on any atom is 0.318 e. The zero-order valence-electron chi connectivity index (χ0n) is 19.2. The minimum atomic E-state index is -0.508. The quantitative estimate of drug-likeness (QED) is 0.256. The van der Waals surface area contributed by atoms with Gasteiger partial charge >= 0.3 is 5.97 Å². The first-order chi connectivity index (χ1) is 16.7. The average molecular weight is 446 g/mol. The first kappa shape index (κ1) is 21.7. The lowest BCUT2D eigenvalue weighted by Crippen LogP contribution is -2.18. The minimum absolute atomic E-state index is 0.235. The van der Waals surface area contributed by atoms with Crippen LogP contribution in [-0.2, 0) is 22.7 Å². The monoisotopic (exact) mass is 445 g/mol. The lowest BCUT2D eigenvalue weighted by Gasteiger charge is -2.18. The SMILES string of the molecule is Cc1c([C@H](C(=O)OCc2ccccc2)c2ccccc2)c2ccccc2n1Cc1ccccc1. The Hall–Kier alpha value is -4.11. The largest absolute Gasteiger partial charge is 0.460 e. The summed E-state index contributed by atoms with van der Waals surface area (Å²) in [5, 5.41) is 1.08. The number of aromatic nitrogens is 1. The fraction of sp³-hybridized carbons (Fsp3) is 0.129. The highest BCUT2D eigenvalue weighted by molar-refractivity contribution is 5.93. The van der Waals surface area contributed by atoms with Gasteiger partial charge in [0, 0.05) is 23.1 Å². The summed E-state index contributed by atoms with van der Waals surface area (Å²) in [7, 11) is 0. The summed E-state index contributed by atoms with van der Waals surface area (Å²) in [6.07, 6.45) is 0. The molecule has 4 aromatic carbocycles. The van der Waals surface area contributed by atoms with E-state index in [1.54, 1.807) is 0 Å². The molecule has 0 spiro atoms. The van der Waals surface area contributed by atoms with Gasteiger partial charge in [0.25, 0.3) is 0 Å². The molecule has 1 aromatic heterocycles. The molecular weight excluding hydrogens is 418 g/mol. The van der Waals surface area contributed by atoms with Gasteiger partial charge in [0.2, 0.25) is 0 Å². The molecule has 0 saturated carbocycles. The number of hydrogen-bond donors (Lipinski definition) is 0. The molecule has 5 aromatic rings. The van der Waals surface area contributed by atoms with Gasteiger partial charge in [-0.15, -0.1) is 0 Å². The van der Waals surface area contributed by atoms with Gasteiger partial charge in [0.1, 0.15) is 12.5 Å². The van der Waals surface area contributed by atoms with Gasteiger partial charge in [-0.25, -0.2) is 0 Å². The van der Waals surface area contributed by atoms with Gasteiger partial charge in [-0.2, -0.15) is 0 Å². The fourth-order valence-electron chi connectivity index (χ4n) is 4.67. The van der Waals surface area contributed by atoms with Gasteiger partial charge in [0.05, 0.1) is 0 Å². The molecule has 0 radical (unpaired) electrons. The maximum atomic E-state index is 13.6. The Bertz CT molecular complexity index is 1390. The third-order valence-electron chi connectivity index (χ3n) is 6.34. The number of para-hydroxylation sites is 1. The van der Waals surface area contributed by atoms with Gasteiger partial charge < -0.3 is 9.30 Å². The summed E-state index contributed by atoms with van der Waals surface area (Å²) in [6, 6.07) is 38.5. The Morgan fingerprint density at radius 1 is 0.735 bits per heavy atom. The van der Waals surface area contributed by atoms with Gasteiger partial charge in [-0.05, 0) is 35.2 Å². The van der Waals surface area contributed by atoms with E-state index in [0.717, 1.165) is 39.8 Å². The van der Waals surface area contributed by atoms with E-state index in [0.29, 0.717) is 0 Å². The molecule has 0 amide bonds. The molecule has 0 aliphatic rings. The molecule has 168 valence electrons. The van der Waals surface area contributed by atoms with Gasteiger partial charge in [-0.3, -0.25) is 4.79 Å². The second kappa shape index (κ2) is 9.80. The zero-order chi connectivity index (χ0) is 23.3. The minimum Gasteiger partial charge on any atom is -0.460 e. The Morgan fingerprint density at radius 3 is 1.97 bits per heavy atom. The smallest absolute Gasteiger partial charge is 0.318 e. The molecule has 0 N–H and O–H groups in total. The molecule has 0 fully saturated rings. The molecule has 1 atom stereocenters. The number of benzene rings is 4. The Kier molecular flexibility index (Phi) is 6.26. The van der Waals surface area contributed by atoms with E-state index in [1.807, 2.05) is 72.8 Å². The molecule has 1 heterocycles. The number of fused-ring (bicyclic) bond motifs is 1. The third-order valence-corrected chi connectivity index (χ3v) is 6.34. The predicted molar refractivity (Wildman–Crippen MR) is 137 cm³/mol. The van der Waals surface area contributed by atoms with Crippen molar-refractivity contribution in [3.8, 4) is 0 Å². The van der Waals surface area contributed by atoms with Crippen molar-refractivity contribution in [2.24, 2.45) is 0 Å². The van der Waals surface area contributed by atoms with Crippen LogP contribution in [0.3, 0.4) is 0 Å². The van der Waals surface area contributed by atoms with Crippen LogP contribution in [0.25, 0.3) is 10.9 Å². The third kappa shape index (κ3) is 4.38. The van der Waals surface area contributed by atoms with Gasteiger partial charge in [-0.1, -0.05) is 109 Å². The molecule has 5 rings (SSSR count). The Morgan fingerprint density at radius 2 is 1.29 bits per heavy atom. The summed E-state index contributed by atoms with van der Waals surface area (Å²) in [4.78, 5) is 13.6. The Labute approximate surface area is 200 Å². The Balaban J connectivity index is 1.60. The van der Waals surface area contributed by atoms with Crippen LogP contribution >= 0.6 is 0 Å². The van der Waals surface area contributed by atoms with Crippen molar-refractivity contribution < 1.29 is 9.53 Å². The van der Waals surface area contributed by atoms with Crippen molar-refractivity contribution in [3.05, 3.63) is 143 Å². The van der Waals surface area contributed by atoms with Crippen molar-refractivity contribution in [1.29, 1.82) is 0 Å². The number of rotatable bonds is 7. The summed E-state index contributed by atoms with van der Waals surface area (Å²) in [5.74, 6) is -0.743. The first-order valence-electron chi connectivity index (χ1n) is 11.6. The van der Waals surface area contributed by atoms with E-state index in [4.69, 9.17) is 4.74 Å². The van der Waals surface area contributed by atoms with E-state index in [-0.39, 0.29) is 12.6 Å². The molecule has 0 aliphatic carbocycles. The van der Waals surface area contributed by atoms with Crippen molar-refractivity contribution in [2.75, 3.05) is 0 Å². The molecular formula is C31H27NO2. The molecule has 0 bridgehead atoms. The van der Waals surface area contributed by atoms with Gasteiger partial charge in [0.15, 0.2) is 0 Å². The van der Waals surface area contributed by atoms with Crippen LogP contribution in [-0.4, -0.2) is 10.5 Å². The molecule has 34 heavy (non-hydrogen) atoms. The molecule has 0 aliphatic heterocycles. The lowest BCUT2D eigenvalue weighted by atomic mass is 9.89. The topological polar surface area (TPSA) is 31.2 Å². The van der Waals surface area contributed by atoms with E-state index in [2.05, 4.69) is 54.0 Å². The average Bonchev–Trinajstić information content (AvgIpc) is 3.16. The van der Waals surface area contributed by atoms with Crippen molar-refractivity contribution in [2.45, 2.75) is 26.0 Å². The normalized spacial score (nSPS) is 11.9. The molecule has 0 saturated heterocycles. The van der Waals surface area contributed by atoms with E-state index >= 15 is 0 Å². The summed E-state index contributed by atoms with van der Waals surface area (Å²) in [5.41, 5.74) is 6.35. The highest BCUT2D eigenvalue weighted by Gasteiger charge is 2.30. The van der Waals surface area contributed by atoms with Crippen molar-refractivity contribution in [1.82, 2.24) is 4.57 Å². The van der Waals surface area contributed by atoms with Crippen molar-refractivity contribution in [3.63, 3.8) is 0 Å². The van der Waals surface area contributed by atoms with Crippen LogP contribution in [0.1, 0.15) is 33.9 Å². The number of hydrogen-bond acceptors (Lipinski definition) is 2. The van der Waals surface area contributed by atoms with Crippen LogP contribution in [0, 0.1) is 6.92 Å². The number of carbonyl (C=O) groups is 1. The second-order valence-electron chi connectivity index (χ2n) is 8.52. The van der Waals surface area contributed by atoms with E-state index in [1.165, 1.54) is 5.56 Å². The predicted octanol–water partition coefficient (Wildman–Crippen LogP) is 6.87. The fourth-order valence-corrected chi connectivity index (χ4v) is 4.67. The number of ether oxygens (including phenoxy) is 1. The first-order valence-corrected chi connectivity index (χ1v) is 11.6. The highest BCUT2D eigenvalue weighted by Crippen LogP contribution is 2.37.